The fourth-order valence-corrected chi connectivity index (χ4v) is 1.65. The highest BCUT2D eigenvalue weighted by atomic mass is 19.4. The van der Waals surface area contributed by atoms with Crippen molar-refractivity contribution in [2.45, 2.75) is 19.5 Å². The van der Waals surface area contributed by atoms with Gasteiger partial charge in [-0.2, -0.15) is 13.2 Å². The average molecular weight is 304 g/mol. The van der Waals surface area contributed by atoms with Gasteiger partial charge in [-0.3, -0.25) is 4.79 Å². The van der Waals surface area contributed by atoms with Gasteiger partial charge in [0.1, 0.15) is 0 Å². The Balaban J connectivity index is 3.13. The smallest absolute Gasteiger partial charge is 0.416 e. The number of carbonyl (C=O) groups excluding carboxylic acids is 1. The number of alkyl halides is 3. The minimum atomic E-state index is -4.63. The minimum absolute atomic E-state index is 0.239. The summed E-state index contributed by atoms with van der Waals surface area (Å²) in [6, 6.07) is 2.08. The first-order chi connectivity index (χ1) is 9.66. The van der Waals surface area contributed by atoms with Crippen LogP contribution in [0.15, 0.2) is 18.2 Å². The Labute approximate surface area is 118 Å². The summed E-state index contributed by atoms with van der Waals surface area (Å²) in [6.07, 6.45) is -4.29. The number of nitrogens with one attached hydrogen (secondary N) is 1. The molecule has 0 aliphatic carbocycles. The molecule has 0 heterocycles. The van der Waals surface area contributed by atoms with Crippen LogP contribution >= 0.6 is 0 Å². The molecule has 1 rings (SSSR count). The van der Waals surface area contributed by atoms with Crippen molar-refractivity contribution in [3.63, 3.8) is 0 Å². The number of amides is 1. The molecule has 1 amide bonds. The van der Waals surface area contributed by atoms with Crippen molar-refractivity contribution in [3.8, 4) is 0 Å². The van der Waals surface area contributed by atoms with Crippen LogP contribution in [0.3, 0.4) is 0 Å². The van der Waals surface area contributed by atoms with Crippen molar-refractivity contribution in [1.29, 1.82) is 0 Å². The molecule has 1 aromatic rings. The summed E-state index contributed by atoms with van der Waals surface area (Å²) in [5.74, 6) is -2.54. The lowest BCUT2D eigenvalue weighted by Crippen LogP contribution is -2.24. The maximum atomic E-state index is 12.6. The third-order valence-corrected chi connectivity index (χ3v) is 2.88. The van der Waals surface area contributed by atoms with E-state index in [1.807, 2.05) is 0 Å². The van der Waals surface area contributed by atoms with Crippen LogP contribution in [-0.2, 0) is 11.0 Å². The van der Waals surface area contributed by atoms with Crippen LogP contribution < -0.4 is 11.1 Å². The SMILES string of the molecule is CC(CCN)C(=O)Nc1cc(C(F)(F)F)ccc1C(=O)O. The highest BCUT2D eigenvalue weighted by molar-refractivity contribution is 6.01. The zero-order chi connectivity index (χ0) is 16.2. The summed E-state index contributed by atoms with van der Waals surface area (Å²) in [7, 11) is 0. The molecular weight excluding hydrogens is 289 g/mol. The Morgan fingerprint density at radius 2 is 2.00 bits per heavy atom. The standard InChI is InChI=1S/C13H15F3N2O3/c1-7(4-5-17)11(19)18-10-6-8(13(14,15)16)2-3-9(10)12(20)21/h2-3,6-7H,4-5,17H2,1H3,(H,18,19)(H,20,21). The number of carboxylic acid groups (broad SMARTS) is 1. The van der Waals surface area contributed by atoms with Gasteiger partial charge in [0, 0.05) is 5.92 Å². The van der Waals surface area contributed by atoms with Crippen molar-refractivity contribution >= 4 is 17.6 Å². The number of anilines is 1. The van der Waals surface area contributed by atoms with Crippen molar-refractivity contribution in [2.75, 3.05) is 11.9 Å². The molecule has 5 nitrogen and oxygen atoms in total. The molecule has 4 N–H and O–H groups in total. The van der Waals surface area contributed by atoms with E-state index >= 15 is 0 Å². The second-order valence-electron chi connectivity index (χ2n) is 4.53. The van der Waals surface area contributed by atoms with Gasteiger partial charge in [-0.1, -0.05) is 6.92 Å². The van der Waals surface area contributed by atoms with E-state index in [-0.39, 0.29) is 12.2 Å². The van der Waals surface area contributed by atoms with E-state index < -0.39 is 35.1 Å². The molecule has 0 saturated carbocycles. The number of hydrogen-bond acceptors (Lipinski definition) is 3. The highest BCUT2D eigenvalue weighted by Crippen LogP contribution is 2.32. The predicted octanol–water partition coefficient (Wildman–Crippen LogP) is 2.33. The van der Waals surface area contributed by atoms with Gasteiger partial charge >= 0.3 is 12.1 Å². The van der Waals surface area contributed by atoms with Crippen molar-refractivity contribution < 1.29 is 27.9 Å². The summed E-state index contributed by atoms with van der Waals surface area (Å²) in [5.41, 5.74) is 3.47. The molecule has 21 heavy (non-hydrogen) atoms. The van der Waals surface area contributed by atoms with Gasteiger partial charge in [-0.05, 0) is 31.2 Å². The molecule has 0 radical (unpaired) electrons. The molecule has 116 valence electrons. The number of carboxylic acids is 1. The van der Waals surface area contributed by atoms with Crippen LogP contribution in [0.1, 0.15) is 29.3 Å². The van der Waals surface area contributed by atoms with Crippen LogP contribution in [0.5, 0.6) is 0 Å². The average Bonchev–Trinajstić information content (AvgIpc) is 2.37. The zero-order valence-electron chi connectivity index (χ0n) is 11.2. The van der Waals surface area contributed by atoms with Crippen molar-refractivity contribution in [2.24, 2.45) is 11.7 Å². The predicted molar refractivity (Wildman–Crippen MR) is 69.9 cm³/mol. The summed E-state index contributed by atoms with van der Waals surface area (Å²) in [5, 5.41) is 11.2. The quantitative estimate of drug-likeness (QED) is 0.778. The molecule has 0 aromatic heterocycles. The van der Waals surface area contributed by atoms with Crippen LogP contribution in [0.4, 0.5) is 18.9 Å². The zero-order valence-corrected chi connectivity index (χ0v) is 11.2. The lowest BCUT2D eigenvalue weighted by molar-refractivity contribution is -0.137. The fraction of sp³-hybridized carbons (Fsp3) is 0.385. The number of rotatable bonds is 5. The Morgan fingerprint density at radius 1 is 1.38 bits per heavy atom. The van der Waals surface area contributed by atoms with Gasteiger partial charge in [0.05, 0.1) is 16.8 Å². The first-order valence-corrected chi connectivity index (χ1v) is 6.12. The number of carbonyl (C=O) groups is 2. The molecule has 1 atom stereocenters. The topological polar surface area (TPSA) is 92.4 Å². The summed E-state index contributed by atoms with van der Waals surface area (Å²) >= 11 is 0. The monoisotopic (exact) mass is 304 g/mol. The Kier molecular flexibility index (Phi) is 5.31. The van der Waals surface area contributed by atoms with Gasteiger partial charge in [0.15, 0.2) is 0 Å². The fourth-order valence-electron chi connectivity index (χ4n) is 1.65. The van der Waals surface area contributed by atoms with Crippen LogP contribution in [0.2, 0.25) is 0 Å². The Bertz CT molecular complexity index is 544. The molecule has 1 aromatic carbocycles. The van der Waals surface area contributed by atoms with Gasteiger partial charge in [-0.25, -0.2) is 4.79 Å². The van der Waals surface area contributed by atoms with Gasteiger partial charge < -0.3 is 16.2 Å². The van der Waals surface area contributed by atoms with Crippen molar-refractivity contribution in [1.82, 2.24) is 0 Å². The van der Waals surface area contributed by atoms with Gasteiger partial charge in [0.2, 0.25) is 5.91 Å². The third-order valence-electron chi connectivity index (χ3n) is 2.88. The molecular formula is C13H15F3N2O3. The first kappa shape index (κ1) is 17.0. The number of hydrogen-bond donors (Lipinski definition) is 3. The maximum absolute atomic E-state index is 12.6. The number of halogens is 3. The van der Waals surface area contributed by atoms with E-state index in [1.54, 1.807) is 6.92 Å². The van der Waals surface area contributed by atoms with Crippen LogP contribution in [0, 0.1) is 5.92 Å². The normalized spacial score (nSPS) is 12.8. The van der Waals surface area contributed by atoms with Crippen LogP contribution in [0.25, 0.3) is 0 Å². The summed E-state index contributed by atoms with van der Waals surface area (Å²) in [4.78, 5) is 22.8. The number of benzene rings is 1. The van der Waals surface area contributed by atoms with Gasteiger partial charge in [0.25, 0.3) is 0 Å². The second-order valence-corrected chi connectivity index (χ2v) is 4.53. The highest BCUT2D eigenvalue weighted by Gasteiger charge is 2.32. The van der Waals surface area contributed by atoms with E-state index in [1.165, 1.54) is 0 Å². The molecule has 0 bridgehead atoms. The largest absolute Gasteiger partial charge is 0.478 e. The molecule has 0 aliphatic rings. The maximum Gasteiger partial charge on any atom is 0.416 e. The molecule has 0 aliphatic heterocycles. The number of aromatic carboxylic acids is 1. The third kappa shape index (κ3) is 4.45. The Hall–Kier alpha value is -2.09. The minimum Gasteiger partial charge on any atom is -0.478 e. The lowest BCUT2D eigenvalue weighted by Gasteiger charge is -2.15. The molecule has 0 saturated heterocycles. The Morgan fingerprint density at radius 3 is 2.48 bits per heavy atom. The molecule has 8 heteroatoms. The van der Waals surface area contributed by atoms with Crippen molar-refractivity contribution in [3.05, 3.63) is 29.3 Å². The number of nitrogens with two attached hydrogens (primary N) is 1. The van der Waals surface area contributed by atoms with Gasteiger partial charge in [-0.15, -0.1) is 0 Å². The molecule has 0 spiro atoms. The summed E-state index contributed by atoms with van der Waals surface area (Å²) in [6.45, 7) is 1.79. The van der Waals surface area contributed by atoms with E-state index in [0.717, 1.165) is 6.07 Å². The second kappa shape index (κ2) is 6.57. The van der Waals surface area contributed by atoms with E-state index in [2.05, 4.69) is 5.32 Å². The molecule has 1 unspecified atom stereocenters. The summed E-state index contributed by atoms with van der Waals surface area (Å²) < 4.78 is 37.9. The van der Waals surface area contributed by atoms with E-state index in [9.17, 15) is 22.8 Å². The van der Waals surface area contributed by atoms with E-state index in [4.69, 9.17) is 10.8 Å². The first-order valence-electron chi connectivity index (χ1n) is 6.12. The lowest BCUT2D eigenvalue weighted by atomic mass is 10.1. The molecule has 0 fully saturated rings. The van der Waals surface area contributed by atoms with Crippen LogP contribution in [-0.4, -0.2) is 23.5 Å². The van der Waals surface area contributed by atoms with E-state index in [0.29, 0.717) is 18.6 Å².